The van der Waals surface area contributed by atoms with Gasteiger partial charge in [-0.15, -0.1) is 0 Å². The molecule has 0 radical (unpaired) electrons. The van der Waals surface area contributed by atoms with E-state index in [-0.39, 0.29) is 11.6 Å². The Balaban J connectivity index is 1.74. The Labute approximate surface area is 143 Å². The molecule has 2 aromatic heterocycles. The van der Waals surface area contributed by atoms with Crippen molar-refractivity contribution in [2.75, 3.05) is 6.54 Å². The topological polar surface area (TPSA) is 111 Å². The highest BCUT2D eigenvalue weighted by Crippen LogP contribution is 2.25. The van der Waals surface area contributed by atoms with Crippen LogP contribution < -0.4 is 5.32 Å². The Morgan fingerprint density at radius 1 is 1.36 bits per heavy atom. The maximum Gasteiger partial charge on any atom is 0.352 e. The zero-order valence-electron chi connectivity index (χ0n) is 13.7. The van der Waals surface area contributed by atoms with Crippen LogP contribution in [0.3, 0.4) is 0 Å². The maximum atomic E-state index is 12.1. The van der Waals surface area contributed by atoms with Crippen LogP contribution in [0.5, 0.6) is 0 Å². The van der Waals surface area contributed by atoms with Gasteiger partial charge in [0.15, 0.2) is 0 Å². The molecule has 0 atom stereocenters. The van der Waals surface area contributed by atoms with Crippen molar-refractivity contribution in [1.82, 2.24) is 20.3 Å². The molecular formula is C18H18N4O3. The Kier molecular flexibility index (Phi) is 4.65. The molecule has 4 N–H and O–H groups in total. The van der Waals surface area contributed by atoms with E-state index in [2.05, 4.69) is 20.3 Å². The first-order valence-corrected chi connectivity index (χ1v) is 7.84. The minimum Gasteiger partial charge on any atom is -0.477 e. The Bertz CT molecular complexity index is 939. The van der Waals surface area contributed by atoms with Crippen molar-refractivity contribution < 1.29 is 14.7 Å². The highest BCUT2D eigenvalue weighted by Gasteiger charge is 2.11. The molecule has 0 saturated carbocycles. The number of amides is 1. The van der Waals surface area contributed by atoms with Crippen LogP contribution in [0.2, 0.25) is 0 Å². The minimum atomic E-state index is -1.01. The molecule has 2 heterocycles. The van der Waals surface area contributed by atoms with Gasteiger partial charge in [0.1, 0.15) is 5.69 Å². The standard InChI is InChI=1S/C18H18N4O3/c1-11(7-16(23)20-6-5-13-9-19-10-21-13)14-4-2-3-12-8-15(18(24)25)22-17(12)14/h2-4,7-10,22H,5-6H2,1H3,(H,19,21)(H,20,23)(H,24,25)/b11-7+. The zero-order chi connectivity index (χ0) is 17.8. The second-order valence-electron chi connectivity index (χ2n) is 5.69. The van der Waals surface area contributed by atoms with E-state index >= 15 is 0 Å². The molecule has 0 saturated heterocycles. The van der Waals surface area contributed by atoms with Crippen LogP contribution in [0.25, 0.3) is 16.5 Å². The molecule has 7 nitrogen and oxygen atoms in total. The van der Waals surface area contributed by atoms with Crippen LogP contribution in [0.15, 0.2) is 42.9 Å². The molecule has 3 aromatic rings. The quantitative estimate of drug-likeness (QED) is 0.517. The lowest BCUT2D eigenvalue weighted by Crippen LogP contribution is -2.23. The number of aromatic nitrogens is 3. The molecule has 0 aliphatic rings. The largest absolute Gasteiger partial charge is 0.477 e. The number of benzene rings is 1. The molecule has 7 heteroatoms. The fraction of sp³-hybridized carbons (Fsp3) is 0.167. The second-order valence-corrected chi connectivity index (χ2v) is 5.69. The fourth-order valence-corrected chi connectivity index (χ4v) is 2.67. The SMILES string of the molecule is C/C(=C\C(=O)NCCc1c[nH]cn1)c1cccc2cc(C(=O)O)[nH]c12. The lowest BCUT2D eigenvalue weighted by Gasteiger charge is -2.05. The van der Waals surface area contributed by atoms with E-state index in [1.807, 2.05) is 25.1 Å². The summed E-state index contributed by atoms with van der Waals surface area (Å²) >= 11 is 0. The number of fused-ring (bicyclic) bond motifs is 1. The first-order valence-electron chi connectivity index (χ1n) is 7.84. The highest BCUT2D eigenvalue weighted by molar-refractivity contribution is 6.01. The van der Waals surface area contributed by atoms with Crippen molar-refractivity contribution in [2.45, 2.75) is 13.3 Å². The highest BCUT2D eigenvalue weighted by atomic mass is 16.4. The van der Waals surface area contributed by atoms with Gasteiger partial charge in [-0.25, -0.2) is 9.78 Å². The number of imidazole rings is 1. The number of hydrogen-bond donors (Lipinski definition) is 4. The monoisotopic (exact) mass is 338 g/mol. The van der Waals surface area contributed by atoms with Gasteiger partial charge in [0.25, 0.3) is 0 Å². The number of nitrogens with one attached hydrogen (secondary N) is 3. The molecule has 128 valence electrons. The normalized spacial score (nSPS) is 11.6. The van der Waals surface area contributed by atoms with Gasteiger partial charge in [-0.2, -0.15) is 0 Å². The third kappa shape index (κ3) is 3.77. The number of nitrogens with zero attached hydrogens (tertiary/aromatic N) is 1. The van der Waals surface area contributed by atoms with Crippen molar-refractivity contribution in [3.8, 4) is 0 Å². The van der Waals surface area contributed by atoms with E-state index in [4.69, 9.17) is 5.11 Å². The van der Waals surface area contributed by atoms with Crippen LogP contribution >= 0.6 is 0 Å². The van der Waals surface area contributed by atoms with Crippen molar-refractivity contribution in [3.63, 3.8) is 0 Å². The summed E-state index contributed by atoms with van der Waals surface area (Å²) in [5.41, 5.74) is 3.27. The number of H-pyrrole nitrogens is 2. The van der Waals surface area contributed by atoms with Gasteiger partial charge >= 0.3 is 5.97 Å². The van der Waals surface area contributed by atoms with Gasteiger partial charge in [0.2, 0.25) is 5.91 Å². The summed E-state index contributed by atoms with van der Waals surface area (Å²) in [6, 6.07) is 7.11. The van der Waals surface area contributed by atoms with E-state index in [0.29, 0.717) is 18.5 Å². The lowest BCUT2D eigenvalue weighted by atomic mass is 10.0. The van der Waals surface area contributed by atoms with Gasteiger partial charge < -0.3 is 20.4 Å². The predicted molar refractivity (Wildman–Crippen MR) is 94.2 cm³/mol. The number of rotatable bonds is 6. The average Bonchev–Trinajstić information content (AvgIpc) is 3.23. The van der Waals surface area contributed by atoms with Gasteiger partial charge in [0.05, 0.1) is 17.5 Å². The molecule has 0 aliphatic carbocycles. The predicted octanol–water partition coefficient (Wildman–Crippen LogP) is 2.35. The first-order chi connectivity index (χ1) is 12.0. The number of carbonyl (C=O) groups excluding carboxylic acids is 1. The molecule has 0 fully saturated rings. The van der Waals surface area contributed by atoms with Crippen molar-refractivity contribution in [2.24, 2.45) is 0 Å². The molecule has 0 aliphatic heterocycles. The number of aromatic amines is 2. The summed E-state index contributed by atoms with van der Waals surface area (Å²) in [5.74, 6) is -1.21. The van der Waals surface area contributed by atoms with Gasteiger partial charge in [-0.05, 0) is 18.6 Å². The molecule has 0 bridgehead atoms. The van der Waals surface area contributed by atoms with Crippen LogP contribution in [0, 0.1) is 0 Å². The Hall–Kier alpha value is -3.35. The smallest absolute Gasteiger partial charge is 0.352 e. The molecular weight excluding hydrogens is 320 g/mol. The van der Waals surface area contributed by atoms with Crippen LogP contribution in [-0.2, 0) is 11.2 Å². The minimum absolute atomic E-state index is 0.124. The van der Waals surface area contributed by atoms with Crippen LogP contribution in [0.1, 0.15) is 28.7 Å². The zero-order valence-corrected chi connectivity index (χ0v) is 13.7. The molecule has 0 unspecified atom stereocenters. The molecule has 1 amide bonds. The number of allylic oxidation sites excluding steroid dienone is 1. The first kappa shape index (κ1) is 16.5. The van der Waals surface area contributed by atoms with Gasteiger partial charge in [0, 0.05) is 36.2 Å². The van der Waals surface area contributed by atoms with E-state index in [1.54, 1.807) is 18.6 Å². The Morgan fingerprint density at radius 3 is 2.92 bits per heavy atom. The molecule has 3 rings (SSSR count). The summed E-state index contributed by atoms with van der Waals surface area (Å²) < 4.78 is 0. The summed E-state index contributed by atoms with van der Waals surface area (Å²) in [5, 5.41) is 12.7. The number of para-hydroxylation sites is 1. The molecule has 0 spiro atoms. The fourth-order valence-electron chi connectivity index (χ4n) is 2.67. The van der Waals surface area contributed by atoms with E-state index in [9.17, 15) is 9.59 Å². The van der Waals surface area contributed by atoms with Crippen molar-refractivity contribution >= 4 is 28.4 Å². The van der Waals surface area contributed by atoms with Gasteiger partial charge in [-0.3, -0.25) is 4.79 Å². The van der Waals surface area contributed by atoms with E-state index in [0.717, 1.165) is 22.2 Å². The maximum absolute atomic E-state index is 12.1. The summed E-state index contributed by atoms with van der Waals surface area (Å²) in [7, 11) is 0. The van der Waals surface area contributed by atoms with Crippen molar-refractivity contribution in [1.29, 1.82) is 0 Å². The number of hydrogen-bond acceptors (Lipinski definition) is 3. The van der Waals surface area contributed by atoms with Gasteiger partial charge in [-0.1, -0.05) is 18.2 Å². The summed E-state index contributed by atoms with van der Waals surface area (Å²) in [6.45, 7) is 2.31. The van der Waals surface area contributed by atoms with Crippen molar-refractivity contribution in [3.05, 3.63) is 59.8 Å². The number of carboxylic acids is 1. The number of aromatic carboxylic acids is 1. The lowest BCUT2D eigenvalue weighted by molar-refractivity contribution is -0.116. The third-order valence-electron chi connectivity index (χ3n) is 3.89. The second kappa shape index (κ2) is 7.04. The third-order valence-corrected chi connectivity index (χ3v) is 3.89. The number of carboxylic acid groups (broad SMARTS) is 1. The summed E-state index contributed by atoms with van der Waals surface area (Å²) in [6.07, 6.45) is 5.56. The Morgan fingerprint density at radius 2 is 2.20 bits per heavy atom. The van der Waals surface area contributed by atoms with E-state index in [1.165, 1.54) is 6.08 Å². The summed E-state index contributed by atoms with van der Waals surface area (Å²) in [4.78, 5) is 33.1. The number of carbonyl (C=O) groups is 2. The van der Waals surface area contributed by atoms with E-state index < -0.39 is 5.97 Å². The van der Waals surface area contributed by atoms with Crippen LogP contribution in [0.4, 0.5) is 0 Å². The van der Waals surface area contributed by atoms with Crippen LogP contribution in [-0.4, -0.2) is 38.5 Å². The average molecular weight is 338 g/mol. The molecule has 25 heavy (non-hydrogen) atoms. The molecule has 1 aromatic carbocycles.